The predicted octanol–water partition coefficient (Wildman–Crippen LogP) is -1.06. The van der Waals surface area contributed by atoms with Crippen molar-refractivity contribution in [2.24, 2.45) is 0 Å². The van der Waals surface area contributed by atoms with Gasteiger partial charge < -0.3 is 24.8 Å². The van der Waals surface area contributed by atoms with Crippen molar-refractivity contribution in [2.75, 3.05) is 0 Å². The van der Waals surface area contributed by atoms with Crippen molar-refractivity contribution in [3.05, 3.63) is 74.1 Å². The van der Waals surface area contributed by atoms with Crippen LogP contribution in [-0.4, -0.2) is 3.21 Å². The van der Waals surface area contributed by atoms with Crippen LogP contribution in [0.2, 0.25) is 0 Å². The van der Waals surface area contributed by atoms with Crippen LogP contribution in [0.15, 0.2) is 51.8 Å². The van der Waals surface area contributed by atoms with Crippen LogP contribution in [0.3, 0.4) is 0 Å². The van der Waals surface area contributed by atoms with E-state index in [0.29, 0.717) is 0 Å². The summed E-state index contributed by atoms with van der Waals surface area (Å²) in [5.41, 5.74) is 9.06. The van der Waals surface area contributed by atoms with Crippen LogP contribution >= 0.6 is 0 Å². The van der Waals surface area contributed by atoms with Crippen LogP contribution in [0.1, 0.15) is 41.5 Å². The van der Waals surface area contributed by atoms with Crippen molar-refractivity contribution < 1.29 is 46.1 Å². The summed E-state index contributed by atoms with van der Waals surface area (Å²) in [6.07, 6.45) is 12.3. The Balaban J connectivity index is 0.000000980. The standard InChI is InChI=1S/C15H13.C5H5.C3H4.2ClH.Zr/c1-10-3-5-12-9-13-6-4-11(2)8-15(13)14(12)7-10;1-2-4-5-3-1;1-2-3-1;;;/h3-5,7-8H,9H2,1-2H3;1-3H,4H2;1-2H2;2*1H;/q;;;;;+2/p-2. The summed E-state index contributed by atoms with van der Waals surface area (Å²) in [6.45, 7) is 4.50. The Kier molecular flexibility index (Phi) is 5.93. The van der Waals surface area contributed by atoms with E-state index in [0.717, 1.165) is 6.42 Å². The second kappa shape index (κ2) is 7.71. The zero-order valence-electron chi connectivity index (χ0n) is 15.2. The first-order chi connectivity index (χ1) is 11.7. The van der Waals surface area contributed by atoms with Crippen LogP contribution in [-0.2, 0) is 27.7 Å². The molecule has 2 aromatic carbocycles. The van der Waals surface area contributed by atoms with Gasteiger partial charge in [-0.05, 0) is 0 Å². The van der Waals surface area contributed by atoms with Crippen molar-refractivity contribution in [1.29, 1.82) is 0 Å². The Morgan fingerprint density at radius 1 is 0.885 bits per heavy atom. The molecule has 1 saturated carbocycles. The summed E-state index contributed by atoms with van der Waals surface area (Å²) in [5, 5.41) is 0. The summed E-state index contributed by atoms with van der Waals surface area (Å²) >= 11 is -1.80. The van der Waals surface area contributed by atoms with Gasteiger partial charge in [0.25, 0.3) is 0 Å². The third-order valence-electron chi connectivity index (χ3n) is 5.53. The molecule has 0 spiro atoms. The SMILES string of the molecule is Cc1ccc2c(c1)-c1cc(C)c[c]([Zr+2]([C]3=CC=CC3)=[C]3CC3)c1C2.[Cl-].[Cl-]. The van der Waals surface area contributed by atoms with Gasteiger partial charge in [-0.2, -0.15) is 0 Å². The fourth-order valence-corrected chi connectivity index (χ4v) is 12.4. The fourth-order valence-electron chi connectivity index (χ4n) is 4.29. The molecule has 0 radical (unpaired) electrons. The second-order valence-corrected chi connectivity index (χ2v) is 14.0. The molecule has 0 N–H and O–H groups in total. The van der Waals surface area contributed by atoms with E-state index in [1.54, 1.807) is 12.1 Å². The van der Waals surface area contributed by atoms with Gasteiger partial charge in [0.1, 0.15) is 0 Å². The van der Waals surface area contributed by atoms with E-state index in [2.05, 4.69) is 62.4 Å². The molecule has 0 saturated heterocycles. The van der Waals surface area contributed by atoms with Gasteiger partial charge in [0.15, 0.2) is 0 Å². The quantitative estimate of drug-likeness (QED) is 0.458. The summed E-state index contributed by atoms with van der Waals surface area (Å²) in [6, 6.07) is 12.0. The molecule has 0 atom stereocenters. The van der Waals surface area contributed by atoms with E-state index >= 15 is 0 Å². The van der Waals surface area contributed by atoms with Gasteiger partial charge >= 0.3 is 152 Å². The molecule has 0 aromatic heterocycles. The van der Waals surface area contributed by atoms with Crippen molar-refractivity contribution in [3.8, 4) is 11.1 Å². The Labute approximate surface area is 176 Å². The van der Waals surface area contributed by atoms with E-state index in [4.69, 9.17) is 0 Å². The first-order valence-electron chi connectivity index (χ1n) is 9.02. The van der Waals surface area contributed by atoms with Crippen molar-refractivity contribution >= 4 is 6.48 Å². The number of benzene rings is 2. The molecule has 0 unspecified atom stereocenters. The first kappa shape index (κ1) is 20.0. The third-order valence-corrected chi connectivity index (χ3v) is 13.4. The van der Waals surface area contributed by atoms with E-state index in [1.165, 1.54) is 47.1 Å². The monoisotopic (exact) mass is 458 g/mol. The van der Waals surface area contributed by atoms with Crippen LogP contribution < -0.4 is 28.1 Å². The number of fused-ring (bicyclic) bond motifs is 3. The van der Waals surface area contributed by atoms with Gasteiger partial charge in [0.05, 0.1) is 0 Å². The number of hydrogen-bond donors (Lipinski definition) is 0. The number of hydrogen-bond acceptors (Lipinski definition) is 0. The summed E-state index contributed by atoms with van der Waals surface area (Å²) in [5.74, 6) is 0. The average Bonchev–Trinajstić information content (AvgIpc) is 3.11. The molecule has 3 heteroatoms. The Morgan fingerprint density at radius 3 is 2.35 bits per heavy atom. The van der Waals surface area contributed by atoms with Crippen LogP contribution in [0, 0.1) is 13.8 Å². The van der Waals surface area contributed by atoms with Gasteiger partial charge in [-0.1, -0.05) is 0 Å². The van der Waals surface area contributed by atoms with Crippen LogP contribution in [0.5, 0.6) is 0 Å². The zero-order chi connectivity index (χ0) is 16.3. The number of aryl methyl sites for hydroxylation is 2. The van der Waals surface area contributed by atoms with Gasteiger partial charge in [0.2, 0.25) is 0 Å². The molecule has 3 aliphatic rings. The zero-order valence-corrected chi connectivity index (χ0v) is 19.2. The molecule has 0 aliphatic heterocycles. The Morgan fingerprint density at radius 2 is 1.65 bits per heavy atom. The van der Waals surface area contributed by atoms with E-state index in [-0.39, 0.29) is 24.8 Å². The van der Waals surface area contributed by atoms with Gasteiger partial charge in [-0.3, -0.25) is 0 Å². The van der Waals surface area contributed by atoms with E-state index in [1.807, 2.05) is 3.21 Å². The summed E-state index contributed by atoms with van der Waals surface area (Å²) in [4.78, 5) is 0. The largest absolute Gasteiger partial charge is 1.00 e. The van der Waals surface area contributed by atoms with E-state index < -0.39 is 21.3 Å². The number of halogens is 2. The van der Waals surface area contributed by atoms with Crippen molar-refractivity contribution in [2.45, 2.75) is 39.5 Å². The first-order valence-corrected chi connectivity index (χ1v) is 12.7. The van der Waals surface area contributed by atoms with Gasteiger partial charge in [-0.15, -0.1) is 0 Å². The number of allylic oxidation sites excluding steroid dienone is 4. The van der Waals surface area contributed by atoms with E-state index in [9.17, 15) is 0 Å². The molecule has 0 bridgehead atoms. The Hall–Kier alpha value is -0.747. The normalized spacial score (nSPS) is 15.3. The molecule has 3 aliphatic carbocycles. The minimum atomic E-state index is -1.80. The smallest absolute Gasteiger partial charge is 1.00 e. The molecular weight excluding hydrogens is 438 g/mol. The molecule has 26 heavy (non-hydrogen) atoms. The molecule has 0 nitrogen and oxygen atoms in total. The maximum atomic E-state index is 2.55. The van der Waals surface area contributed by atoms with Crippen molar-refractivity contribution in [1.82, 2.24) is 0 Å². The molecule has 0 heterocycles. The van der Waals surface area contributed by atoms with Crippen molar-refractivity contribution in [3.63, 3.8) is 0 Å². The topological polar surface area (TPSA) is 0 Å². The van der Waals surface area contributed by atoms with Gasteiger partial charge in [0, 0.05) is 0 Å². The van der Waals surface area contributed by atoms with Gasteiger partial charge in [-0.25, -0.2) is 0 Å². The molecule has 0 amide bonds. The molecule has 2 aromatic rings. The molecule has 132 valence electrons. The maximum Gasteiger partial charge on any atom is -1.00 e. The number of rotatable bonds is 2. The minimum absolute atomic E-state index is 0. The third kappa shape index (κ3) is 3.39. The van der Waals surface area contributed by atoms with Crippen LogP contribution in [0.25, 0.3) is 11.1 Å². The maximum absolute atomic E-state index is 2.55. The Bertz CT molecular complexity index is 974. The fraction of sp³-hybridized carbons (Fsp3) is 0.261. The molecule has 5 rings (SSSR count). The summed E-state index contributed by atoms with van der Waals surface area (Å²) in [7, 11) is 0. The average molecular weight is 461 g/mol. The minimum Gasteiger partial charge on any atom is -1.00 e. The molecular formula is C23H22Cl2Zr. The second-order valence-electron chi connectivity index (χ2n) is 7.48. The summed E-state index contributed by atoms with van der Waals surface area (Å²) < 4.78 is 5.51. The molecule has 1 fully saturated rings. The predicted molar refractivity (Wildman–Crippen MR) is 99.9 cm³/mol. The van der Waals surface area contributed by atoms with Crippen LogP contribution in [0.4, 0.5) is 0 Å².